The molecule has 0 saturated heterocycles. The lowest BCUT2D eigenvalue weighted by Gasteiger charge is -2.12. The van der Waals surface area contributed by atoms with Crippen molar-refractivity contribution >= 4 is 22.3 Å². The van der Waals surface area contributed by atoms with Crippen LogP contribution in [0.4, 0.5) is 0 Å². The first-order valence-electron chi connectivity index (χ1n) is 5.78. The van der Waals surface area contributed by atoms with Gasteiger partial charge < -0.3 is 5.11 Å². The molecule has 2 rings (SSSR count). The van der Waals surface area contributed by atoms with Crippen molar-refractivity contribution in [1.29, 1.82) is 0 Å². The number of aliphatic carboxylic acids is 1. The highest BCUT2D eigenvalue weighted by atomic mass is 32.1. The van der Waals surface area contributed by atoms with Gasteiger partial charge in [0, 0.05) is 12.6 Å². The Labute approximate surface area is 113 Å². The quantitative estimate of drug-likeness (QED) is 0.844. The third-order valence-corrected chi connectivity index (χ3v) is 3.53. The van der Waals surface area contributed by atoms with Crippen LogP contribution in [0.15, 0.2) is 10.9 Å². The molecule has 0 spiro atoms. The molecule has 2 aromatic rings. The lowest BCUT2D eigenvalue weighted by Crippen LogP contribution is -2.26. The van der Waals surface area contributed by atoms with Gasteiger partial charge in [0.05, 0.1) is 12.2 Å². The van der Waals surface area contributed by atoms with Crippen molar-refractivity contribution < 1.29 is 9.90 Å². The van der Waals surface area contributed by atoms with Crippen LogP contribution in [-0.4, -0.2) is 44.2 Å². The Balaban J connectivity index is 2.30. The first-order valence-corrected chi connectivity index (χ1v) is 6.60. The van der Waals surface area contributed by atoms with E-state index < -0.39 is 5.97 Å². The van der Waals surface area contributed by atoms with Gasteiger partial charge in [-0.15, -0.1) is 0 Å². The molecule has 0 bridgehead atoms. The van der Waals surface area contributed by atoms with Gasteiger partial charge in [-0.1, -0.05) is 18.3 Å². The zero-order valence-electron chi connectivity index (χ0n) is 10.7. The number of nitrogens with zero attached hydrogens (tertiary/aromatic N) is 4. The third-order valence-electron chi connectivity index (χ3n) is 2.48. The van der Waals surface area contributed by atoms with Crippen LogP contribution < -0.4 is 5.56 Å². The van der Waals surface area contributed by atoms with E-state index >= 15 is 0 Å². The van der Waals surface area contributed by atoms with Crippen LogP contribution in [0.2, 0.25) is 0 Å². The van der Waals surface area contributed by atoms with Gasteiger partial charge in [0.2, 0.25) is 4.96 Å². The average Bonchev–Trinajstić information content (AvgIpc) is 2.71. The fraction of sp³-hybridized carbons (Fsp3) is 0.455. The Morgan fingerprint density at radius 3 is 2.95 bits per heavy atom. The van der Waals surface area contributed by atoms with Crippen molar-refractivity contribution in [2.24, 2.45) is 0 Å². The molecular formula is C11H14N4O3S. The molecule has 2 heterocycles. The minimum Gasteiger partial charge on any atom is -0.480 e. The molecule has 0 unspecified atom stereocenters. The number of aryl methyl sites for hydroxylation is 1. The molecule has 0 aliphatic carbocycles. The molecule has 0 radical (unpaired) electrons. The number of carbonyl (C=O) groups is 1. The monoisotopic (exact) mass is 282 g/mol. The maximum Gasteiger partial charge on any atom is 0.317 e. The van der Waals surface area contributed by atoms with Crippen molar-refractivity contribution in [3.05, 3.63) is 27.1 Å². The maximum absolute atomic E-state index is 11.9. The first kappa shape index (κ1) is 13.6. The normalized spacial score (nSPS) is 11.3. The number of likely N-dealkylation sites (N-methyl/N-ethyl adjacent to an activating group) is 1. The SMILES string of the molecule is CCc1nn2c(=O)cc(CN(C)CC(=O)O)nc2s1. The van der Waals surface area contributed by atoms with Crippen molar-refractivity contribution in [3.8, 4) is 0 Å². The first-order chi connectivity index (χ1) is 8.99. The summed E-state index contributed by atoms with van der Waals surface area (Å²) in [6.07, 6.45) is 0.752. The predicted octanol–water partition coefficient (Wildman–Crippen LogP) is 0.230. The fourth-order valence-electron chi connectivity index (χ4n) is 1.68. The fourth-order valence-corrected chi connectivity index (χ4v) is 2.54. The average molecular weight is 282 g/mol. The van der Waals surface area contributed by atoms with Gasteiger partial charge in [-0.3, -0.25) is 14.5 Å². The van der Waals surface area contributed by atoms with Gasteiger partial charge in [-0.25, -0.2) is 4.98 Å². The van der Waals surface area contributed by atoms with Crippen LogP contribution in [0.25, 0.3) is 4.96 Å². The number of hydrogen-bond acceptors (Lipinski definition) is 6. The summed E-state index contributed by atoms with van der Waals surface area (Å²) in [5.41, 5.74) is 0.319. The standard InChI is InChI=1S/C11H14N4O3S/c1-3-8-13-15-9(16)4-7(12-11(15)19-8)5-14(2)6-10(17)18/h4H,3,5-6H2,1-2H3,(H,17,18). The lowest BCUT2D eigenvalue weighted by atomic mass is 10.3. The summed E-state index contributed by atoms with van der Waals surface area (Å²) in [7, 11) is 1.67. The number of hydrogen-bond donors (Lipinski definition) is 1. The van der Waals surface area contributed by atoms with E-state index in [-0.39, 0.29) is 12.1 Å². The highest BCUT2D eigenvalue weighted by molar-refractivity contribution is 7.16. The highest BCUT2D eigenvalue weighted by Crippen LogP contribution is 2.12. The summed E-state index contributed by atoms with van der Waals surface area (Å²) in [5, 5.41) is 13.7. The van der Waals surface area contributed by atoms with Gasteiger partial charge >= 0.3 is 5.97 Å². The second kappa shape index (κ2) is 5.45. The van der Waals surface area contributed by atoms with Crippen LogP contribution in [0, 0.1) is 0 Å². The smallest absolute Gasteiger partial charge is 0.317 e. The van der Waals surface area contributed by atoms with Gasteiger partial charge in [-0.2, -0.15) is 9.61 Å². The Bertz CT molecular complexity index is 663. The zero-order valence-corrected chi connectivity index (χ0v) is 11.5. The Hall–Kier alpha value is -1.80. The van der Waals surface area contributed by atoms with Crippen molar-refractivity contribution in [1.82, 2.24) is 19.5 Å². The molecule has 2 aromatic heterocycles. The zero-order chi connectivity index (χ0) is 14.0. The van der Waals surface area contributed by atoms with E-state index in [0.717, 1.165) is 11.4 Å². The van der Waals surface area contributed by atoms with E-state index in [2.05, 4.69) is 10.1 Å². The molecule has 0 saturated carbocycles. The molecule has 8 heteroatoms. The van der Waals surface area contributed by atoms with E-state index in [1.165, 1.54) is 21.9 Å². The summed E-state index contributed by atoms with van der Waals surface area (Å²) < 4.78 is 1.28. The Kier molecular flexibility index (Phi) is 3.91. The van der Waals surface area contributed by atoms with E-state index in [1.54, 1.807) is 11.9 Å². The molecule has 7 nitrogen and oxygen atoms in total. The number of fused-ring (bicyclic) bond motifs is 1. The summed E-state index contributed by atoms with van der Waals surface area (Å²) in [5.74, 6) is -0.911. The molecule has 19 heavy (non-hydrogen) atoms. The molecule has 0 aromatic carbocycles. The minimum absolute atomic E-state index is 0.0933. The molecule has 1 N–H and O–H groups in total. The van der Waals surface area contributed by atoms with Gasteiger partial charge in [0.1, 0.15) is 5.01 Å². The second-order valence-corrected chi connectivity index (χ2v) is 5.24. The van der Waals surface area contributed by atoms with E-state index in [4.69, 9.17) is 5.11 Å². The van der Waals surface area contributed by atoms with Crippen LogP contribution in [-0.2, 0) is 17.8 Å². The van der Waals surface area contributed by atoms with Crippen LogP contribution in [0.5, 0.6) is 0 Å². The number of aromatic nitrogens is 3. The van der Waals surface area contributed by atoms with Crippen molar-refractivity contribution in [2.75, 3.05) is 13.6 Å². The molecule has 0 fully saturated rings. The van der Waals surface area contributed by atoms with Gasteiger partial charge in [-0.05, 0) is 13.5 Å². The summed E-state index contributed by atoms with van der Waals surface area (Å²) >= 11 is 1.37. The van der Waals surface area contributed by atoms with E-state index in [1.807, 2.05) is 6.92 Å². The lowest BCUT2D eigenvalue weighted by molar-refractivity contribution is -0.138. The molecular weight excluding hydrogens is 268 g/mol. The van der Waals surface area contributed by atoms with Crippen molar-refractivity contribution in [2.45, 2.75) is 19.9 Å². The molecule has 0 amide bonds. The number of carboxylic acids is 1. The maximum atomic E-state index is 11.9. The molecule has 0 aliphatic rings. The molecule has 102 valence electrons. The van der Waals surface area contributed by atoms with Gasteiger partial charge in [0.15, 0.2) is 0 Å². The van der Waals surface area contributed by atoms with Gasteiger partial charge in [0.25, 0.3) is 5.56 Å². The van der Waals surface area contributed by atoms with Crippen LogP contribution in [0.3, 0.4) is 0 Å². The highest BCUT2D eigenvalue weighted by Gasteiger charge is 2.10. The summed E-state index contributed by atoms with van der Waals surface area (Å²) in [6, 6.07) is 1.39. The van der Waals surface area contributed by atoms with Crippen LogP contribution in [0.1, 0.15) is 17.6 Å². The summed E-state index contributed by atoms with van der Waals surface area (Å²) in [4.78, 5) is 28.9. The second-order valence-electron chi connectivity index (χ2n) is 4.20. The largest absolute Gasteiger partial charge is 0.480 e. The predicted molar refractivity (Wildman–Crippen MR) is 70.5 cm³/mol. The Morgan fingerprint density at radius 1 is 1.58 bits per heavy atom. The van der Waals surface area contributed by atoms with Crippen molar-refractivity contribution in [3.63, 3.8) is 0 Å². The molecule has 0 aliphatic heterocycles. The topological polar surface area (TPSA) is 87.8 Å². The molecule has 0 atom stereocenters. The minimum atomic E-state index is -0.911. The van der Waals surface area contributed by atoms with Crippen LogP contribution >= 0.6 is 11.3 Å². The third kappa shape index (κ3) is 3.15. The number of rotatable bonds is 5. The van der Waals surface area contributed by atoms with E-state index in [9.17, 15) is 9.59 Å². The van der Waals surface area contributed by atoms with E-state index in [0.29, 0.717) is 17.2 Å². The number of carboxylic acid groups (broad SMARTS) is 1. The Morgan fingerprint density at radius 2 is 2.32 bits per heavy atom. The summed E-state index contributed by atoms with van der Waals surface area (Å²) in [6.45, 7) is 2.19.